The van der Waals surface area contributed by atoms with Crippen LogP contribution in [0.15, 0.2) is 35.5 Å². The summed E-state index contributed by atoms with van der Waals surface area (Å²) < 4.78 is 9.98. The first kappa shape index (κ1) is 15.8. The van der Waals surface area contributed by atoms with Crippen LogP contribution in [-0.4, -0.2) is 37.4 Å². The minimum atomic E-state index is -0.635. The van der Waals surface area contributed by atoms with Crippen LogP contribution in [-0.2, 0) is 14.3 Å². The van der Waals surface area contributed by atoms with Gasteiger partial charge in [0.1, 0.15) is 12.4 Å². The topological polar surface area (TPSA) is 96.9 Å². The number of allylic oxidation sites excluding steroid dienone is 1. The lowest BCUT2D eigenvalue weighted by Gasteiger charge is -2.28. The molecule has 0 radical (unpaired) electrons. The van der Waals surface area contributed by atoms with Crippen molar-refractivity contribution in [3.8, 4) is 5.75 Å². The summed E-state index contributed by atoms with van der Waals surface area (Å²) in [5.41, 5.74) is 1.43. The Kier molecular flexibility index (Phi) is 5.00. The molecular weight excluding hydrogens is 288 g/mol. The predicted molar refractivity (Wildman–Crippen MR) is 78.1 cm³/mol. The number of carbonyl (C=O) groups excluding carboxylic acids is 2. The van der Waals surface area contributed by atoms with Crippen LogP contribution in [0.1, 0.15) is 18.5 Å². The van der Waals surface area contributed by atoms with E-state index >= 15 is 0 Å². The van der Waals surface area contributed by atoms with Gasteiger partial charge in [0.05, 0.1) is 18.2 Å². The fourth-order valence-corrected chi connectivity index (χ4v) is 2.18. The van der Waals surface area contributed by atoms with Gasteiger partial charge in [-0.25, -0.2) is 9.59 Å². The average Bonchev–Trinajstić information content (AvgIpc) is 2.47. The summed E-state index contributed by atoms with van der Waals surface area (Å²) in [6.07, 6.45) is 0. The molecule has 22 heavy (non-hydrogen) atoms. The van der Waals surface area contributed by atoms with Gasteiger partial charge >= 0.3 is 12.0 Å². The van der Waals surface area contributed by atoms with Crippen LogP contribution in [0.25, 0.3) is 0 Å². The molecule has 2 rings (SSSR count). The molecule has 0 unspecified atom stereocenters. The van der Waals surface area contributed by atoms with Crippen LogP contribution >= 0.6 is 0 Å². The third-order valence-electron chi connectivity index (χ3n) is 3.24. The minimum Gasteiger partial charge on any atom is -0.508 e. The highest BCUT2D eigenvalue weighted by atomic mass is 16.6. The summed E-state index contributed by atoms with van der Waals surface area (Å²) in [5.74, 6) is -0.422. The zero-order valence-corrected chi connectivity index (χ0v) is 12.4. The van der Waals surface area contributed by atoms with Gasteiger partial charge in [-0.15, -0.1) is 0 Å². The number of phenolic OH excluding ortho intramolecular Hbond substituents is 1. The number of urea groups is 1. The number of methoxy groups -OCH3 is 1. The third kappa shape index (κ3) is 3.56. The Morgan fingerprint density at radius 3 is 2.59 bits per heavy atom. The highest BCUT2D eigenvalue weighted by molar-refractivity contribution is 5.95. The van der Waals surface area contributed by atoms with Gasteiger partial charge in [0, 0.05) is 12.8 Å². The van der Waals surface area contributed by atoms with Crippen LogP contribution < -0.4 is 10.6 Å². The summed E-state index contributed by atoms with van der Waals surface area (Å²) in [4.78, 5) is 23.9. The quantitative estimate of drug-likeness (QED) is 0.561. The van der Waals surface area contributed by atoms with E-state index in [9.17, 15) is 14.7 Å². The molecule has 0 saturated heterocycles. The van der Waals surface area contributed by atoms with Gasteiger partial charge in [0.25, 0.3) is 0 Å². The highest BCUT2D eigenvalue weighted by Gasteiger charge is 2.32. The maximum Gasteiger partial charge on any atom is 0.338 e. The van der Waals surface area contributed by atoms with Gasteiger partial charge in [-0.05, 0) is 24.6 Å². The molecule has 2 amide bonds. The fourth-order valence-electron chi connectivity index (χ4n) is 2.18. The van der Waals surface area contributed by atoms with E-state index in [1.165, 1.54) is 19.2 Å². The van der Waals surface area contributed by atoms with E-state index in [-0.39, 0.29) is 12.4 Å². The molecule has 3 N–H and O–H groups in total. The molecule has 1 atom stereocenters. The van der Waals surface area contributed by atoms with E-state index in [4.69, 9.17) is 9.47 Å². The van der Waals surface area contributed by atoms with Crippen LogP contribution in [0.4, 0.5) is 4.79 Å². The number of amides is 2. The Morgan fingerprint density at radius 1 is 1.27 bits per heavy atom. The number of nitrogens with one attached hydrogen (secondary N) is 2. The van der Waals surface area contributed by atoms with Crippen LogP contribution in [0, 0.1) is 0 Å². The molecular formula is C15H18N2O5. The Labute approximate surface area is 127 Å². The van der Waals surface area contributed by atoms with Crippen molar-refractivity contribution in [1.29, 1.82) is 0 Å². The van der Waals surface area contributed by atoms with Gasteiger partial charge in [-0.2, -0.15) is 0 Å². The van der Waals surface area contributed by atoms with E-state index in [1.54, 1.807) is 19.1 Å². The molecule has 1 aromatic carbocycles. The second-order valence-corrected chi connectivity index (χ2v) is 4.79. The first-order chi connectivity index (χ1) is 10.5. The summed E-state index contributed by atoms with van der Waals surface area (Å²) in [6.45, 7) is 2.06. The molecule has 0 saturated carbocycles. The second-order valence-electron chi connectivity index (χ2n) is 4.79. The van der Waals surface area contributed by atoms with Gasteiger partial charge in [0.15, 0.2) is 0 Å². The molecule has 1 aromatic rings. The van der Waals surface area contributed by atoms with Crippen molar-refractivity contribution in [2.75, 3.05) is 20.3 Å². The Morgan fingerprint density at radius 2 is 1.95 bits per heavy atom. The number of benzene rings is 1. The largest absolute Gasteiger partial charge is 0.508 e. The predicted octanol–water partition coefficient (Wildman–Crippen LogP) is 1.21. The van der Waals surface area contributed by atoms with Gasteiger partial charge in [-0.3, -0.25) is 0 Å². The van der Waals surface area contributed by atoms with E-state index < -0.39 is 18.0 Å². The number of esters is 1. The monoisotopic (exact) mass is 306 g/mol. The third-order valence-corrected chi connectivity index (χ3v) is 3.24. The Balaban J connectivity index is 2.28. The van der Waals surface area contributed by atoms with Crippen LogP contribution in [0.5, 0.6) is 5.75 Å². The number of hydrogen-bond acceptors (Lipinski definition) is 5. The van der Waals surface area contributed by atoms with Crippen molar-refractivity contribution >= 4 is 12.0 Å². The van der Waals surface area contributed by atoms with Crippen molar-refractivity contribution in [3.05, 3.63) is 41.1 Å². The summed E-state index contributed by atoms with van der Waals surface area (Å²) in [6, 6.07) is 5.23. The van der Waals surface area contributed by atoms with Gasteiger partial charge < -0.3 is 25.2 Å². The molecule has 7 nitrogen and oxygen atoms in total. The first-order valence-corrected chi connectivity index (χ1v) is 6.76. The lowest BCUT2D eigenvalue weighted by molar-refractivity contribution is -0.140. The number of aromatic hydroxyl groups is 1. The molecule has 7 heteroatoms. The van der Waals surface area contributed by atoms with E-state index in [0.29, 0.717) is 23.4 Å². The molecule has 0 aliphatic carbocycles. The van der Waals surface area contributed by atoms with Crippen molar-refractivity contribution in [2.24, 2.45) is 0 Å². The average molecular weight is 306 g/mol. The number of phenols is 1. The maximum atomic E-state index is 12.3. The van der Waals surface area contributed by atoms with Crippen molar-refractivity contribution in [1.82, 2.24) is 10.6 Å². The standard InChI is InChI=1S/C15H18N2O5/c1-9-12(14(19)22-8-7-21-2)13(17-15(20)16-9)10-3-5-11(18)6-4-10/h3-6,13,18H,7-8H2,1-2H3,(H2,16,17,20)/t13-/m1/s1. The SMILES string of the molecule is COCCOC(=O)C1=C(C)NC(=O)N[C@@H]1c1ccc(O)cc1. The zero-order chi connectivity index (χ0) is 16.1. The number of carbonyl (C=O) groups is 2. The Bertz CT molecular complexity index is 594. The normalized spacial score (nSPS) is 17.7. The lowest BCUT2D eigenvalue weighted by atomic mass is 9.95. The van der Waals surface area contributed by atoms with Gasteiger partial charge in [-0.1, -0.05) is 12.1 Å². The molecule has 1 aliphatic heterocycles. The van der Waals surface area contributed by atoms with E-state index in [2.05, 4.69) is 10.6 Å². The molecule has 118 valence electrons. The molecule has 1 heterocycles. The van der Waals surface area contributed by atoms with E-state index in [1.807, 2.05) is 0 Å². The molecule has 0 bridgehead atoms. The van der Waals surface area contributed by atoms with Crippen LogP contribution in [0.3, 0.4) is 0 Å². The molecule has 0 aromatic heterocycles. The summed E-state index contributed by atoms with van der Waals surface area (Å²) >= 11 is 0. The summed E-state index contributed by atoms with van der Waals surface area (Å²) in [5, 5.41) is 14.6. The lowest BCUT2D eigenvalue weighted by Crippen LogP contribution is -2.45. The molecule has 1 aliphatic rings. The van der Waals surface area contributed by atoms with Gasteiger partial charge in [0.2, 0.25) is 0 Å². The number of hydrogen-bond donors (Lipinski definition) is 3. The molecule has 0 fully saturated rings. The van der Waals surface area contributed by atoms with Crippen molar-refractivity contribution in [2.45, 2.75) is 13.0 Å². The van der Waals surface area contributed by atoms with Crippen molar-refractivity contribution < 1.29 is 24.2 Å². The number of rotatable bonds is 5. The van der Waals surface area contributed by atoms with Crippen molar-refractivity contribution in [3.63, 3.8) is 0 Å². The smallest absolute Gasteiger partial charge is 0.338 e. The zero-order valence-electron chi connectivity index (χ0n) is 12.4. The highest BCUT2D eigenvalue weighted by Crippen LogP contribution is 2.28. The second kappa shape index (κ2) is 6.95. The van der Waals surface area contributed by atoms with Crippen LogP contribution in [0.2, 0.25) is 0 Å². The number of ether oxygens (including phenoxy) is 2. The summed E-state index contributed by atoms with van der Waals surface area (Å²) in [7, 11) is 1.51. The molecule has 0 spiro atoms. The minimum absolute atomic E-state index is 0.105. The van der Waals surface area contributed by atoms with E-state index in [0.717, 1.165) is 0 Å². The maximum absolute atomic E-state index is 12.3. The Hall–Kier alpha value is -2.54. The fraction of sp³-hybridized carbons (Fsp3) is 0.333. The first-order valence-electron chi connectivity index (χ1n) is 6.76.